The highest BCUT2D eigenvalue weighted by Crippen LogP contribution is 2.34. The van der Waals surface area contributed by atoms with E-state index in [1.807, 2.05) is 30.3 Å². The number of anilines is 1. The number of amides is 1. The van der Waals surface area contributed by atoms with Crippen molar-refractivity contribution in [2.75, 3.05) is 5.32 Å². The Morgan fingerprint density at radius 3 is 2.46 bits per heavy atom. The van der Waals surface area contributed by atoms with E-state index in [-0.39, 0.29) is 27.3 Å². The van der Waals surface area contributed by atoms with Crippen molar-refractivity contribution >= 4 is 51.3 Å². The Morgan fingerprint density at radius 1 is 1.00 bits per heavy atom. The van der Waals surface area contributed by atoms with Crippen LogP contribution in [0.5, 0.6) is 0 Å². The summed E-state index contributed by atoms with van der Waals surface area (Å²) in [5.41, 5.74) is 0.369. The van der Waals surface area contributed by atoms with Gasteiger partial charge in [-0.15, -0.1) is 0 Å². The second-order valence-corrected chi connectivity index (χ2v) is 5.84. The van der Waals surface area contributed by atoms with Gasteiger partial charge in [-0.25, -0.2) is 0 Å². The summed E-state index contributed by atoms with van der Waals surface area (Å²) in [6.45, 7) is 0. The summed E-state index contributed by atoms with van der Waals surface area (Å²) in [7, 11) is 0. The summed E-state index contributed by atoms with van der Waals surface area (Å²) in [5, 5.41) is 15.2. The number of carbonyl (C=O) groups is 1. The number of nitro benzene ring substituents is 1. The fourth-order valence-electron chi connectivity index (χ4n) is 2.39. The molecule has 0 spiro atoms. The van der Waals surface area contributed by atoms with Gasteiger partial charge in [0.05, 0.1) is 15.6 Å². The Labute approximate surface area is 147 Å². The quantitative estimate of drug-likeness (QED) is 0.508. The van der Waals surface area contributed by atoms with Gasteiger partial charge >= 0.3 is 0 Å². The summed E-state index contributed by atoms with van der Waals surface area (Å²) in [6.07, 6.45) is 0. The van der Waals surface area contributed by atoms with Crippen LogP contribution in [-0.4, -0.2) is 10.8 Å². The van der Waals surface area contributed by atoms with Crippen LogP contribution in [0.1, 0.15) is 10.4 Å². The Bertz CT molecular complexity index is 968. The lowest BCUT2D eigenvalue weighted by molar-refractivity contribution is -0.384. The Balaban J connectivity index is 1.98. The summed E-state index contributed by atoms with van der Waals surface area (Å²) >= 11 is 11.9. The minimum absolute atomic E-state index is 0.0414. The number of hydrogen-bond donors (Lipinski definition) is 1. The smallest absolute Gasteiger partial charge is 0.289 e. The second-order valence-electron chi connectivity index (χ2n) is 5.02. The SMILES string of the molecule is O=C(Nc1cc(Cl)c([N+](=O)[O-])cc1Cl)c1cccc2ccccc12. The average Bonchev–Trinajstić information content (AvgIpc) is 2.57. The van der Waals surface area contributed by atoms with Crippen molar-refractivity contribution in [1.29, 1.82) is 0 Å². The van der Waals surface area contributed by atoms with Gasteiger partial charge in [0.15, 0.2) is 0 Å². The van der Waals surface area contributed by atoms with E-state index in [4.69, 9.17) is 23.2 Å². The molecule has 7 heteroatoms. The molecular weight excluding hydrogens is 351 g/mol. The topological polar surface area (TPSA) is 72.2 Å². The maximum absolute atomic E-state index is 12.6. The van der Waals surface area contributed by atoms with Gasteiger partial charge in [-0.05, 0) is 22.9 Å². The monoisotopic (exact) mass is 360 g/mol. The second kappa shape index (κ2) is 6.47. The van der Waals surface area contributed by atoms with E-state index >= 15 is 0 Å². The number of carbonyl (C=O) groups excluding carboxylic acids is 1. The standard InChI is InChI=1S/C17H10Cl2N2O3/c18-13-9-16(21(23)24)14(19)8-15(13)20-17(22)12-7-3-5-10-4-1-2-6-11(10)12/h1-9H,(H,20,22). The molecule has 0 saturated carbocycles. The summed E-state index contributed by atoms with van der Waals surface area (Å²) in [4.78, 5) is 22.8. The van der Waals surface area contributed by atoms with Crippen molar-refractivity contribution in [3.8, 4) is 0 Å². The number of halogens is 2. The third kappa shape index (κ3) is 3.04. The largest absolute Gasteiger partial charge is 0.321 e. The summed E-state index contributed by atoms with van der Waals surface area (Å²) in [5.74, 6) is -0.376. The first kappa shape index (κ1) is 16.2. The van der Waals surface area contributed by atoms with Gasteiger partial charge in [0.25, 0.3) is 11.6 Å². The molecule has 0 saturated heterocycles. The third-order valence-corrected chi connectivity index (χ3v) is 4.13. The minimum atomic E-state index is -0.634. The van der Waals surface area contributed by atoms with Gasteiger partial charge in [0.2, 0.25) is 0 Å². The molecule has 3 rings (SSSR count). The number of fused-ring (bicyclic) bond motifs is 1. The van der Waals surface area contributed by atoms with E-state index in [0.717, 1.165) is 16.8 Å². The number of nitrogens with one attached hydrogen (secondary N) is 1. The van der Waals surface area contributed by atoms with E-state index in [0.29, 0.717) is 5.56 Å². The van der Waals surface area contributed by atoms with Crippen LogP contribution in [0.2, 0.25) is 10.0 Å². The molecule has 3 aromatic rings. The lowest BCUT2D eigenvalue weighted by Gasteiger charge is -2.10. The van der Waals surface area contributed by atoms with Crippen LogP contribution in [0.3, 0.4) is 0 Å². The molecule has 1 N–H and O–H groups in total. The molecule has 0 atom stereocenters. The fourth-order valence-corrected chi connectivity index (χ4v) is 2.82. The molecule has 0 aromatic heterocycles. The van der Waals surface area contributed by atoms with Gasteiger partial charge in [0.1, 0.15) is 5.02 Å². The molecule has 120 valence electrons. The van der Waals surface area contributed by atoms with Crippen LogP contribution >= 0.6 is 23.2 Å². The van der Waals surface area contributed by atoms with E-state index < -0.39 is 4.92 Å². The van der Waals surface area contributed by atoms with Crippen LogP contribution in [0.4, 0.5) is 11.4 Å². The maximum atomic E-state index is 12.6. The predicted octanol–water partition coefficient (Wildman–Crippen LogP) is 5.31. The molecule has 0 unspecified atom stereocenters. The zero-order valence-electron chi connectivity index (χ0n) is 12.1. The summed E-state index contributed by atoms with van der Waals surface area (Å²) < 4.78 is 0. The number of rotatable bonds is 3. The Kier molecular flexibility index (Phi) is 4.38. The number of benzene rings is 3. The van der Waals surface area contributed by atoms with Crippen LogP contribution < -0.4 is 5.32 Å². The lowest BCUT2D eigenvalue weighted by Crippen LogP contribution is -2.13. The molecule has 0 aliphatic carbocycles. The van der Waals surface area contributed by atoms with Crippen LogP contribution in [0, 0.1) is 10.1 Å². The molecule has 24 heavy (non-hydrogen) atoms. The number of nitro groups is 1. The third-order valence-electron chi connectivity index (χ3n) is 3.52. The predicted molar refractivity (Wildman–Crippen MR) is 95.0 cm³/mol. The molecule has 0 bridgehead atoms. The average molecular weight is 361 g/mol. The molecule has 0 radical (unpaired) electrons. The fraction of sp³-hybridized carbons (Fsp3) is 0. The minimum Gasteiger partial charge on any atom is -0.321 e. The molecule has 5 nitrogen and oxygen atoms in total. The highest BCUT2D eigenvalue weighted by atomic mass is 35.5. The first-order valence-electron chi connectivity index (χ1n) is 6.90. The zero-order valence-corrected chi connectivity index (χ0v) is 13.6. The van der Waals surface area contributed by atoms with Crippen molar-refractivity contribution < 1.29 is 9.72 Å². The molecule has 0 fully saturated rings. The van der Waals surface area contributed by atoms with Crippen LogP contribution in [-0.2, 0) is 0 Å². The first-order chi connectivity index (χ1) is 11.5. The molecule has 0 heterocycles. The van der Waals surface area contributed by atoms with Crippen molar-refractivity contribution in [1.82, 2.24) is 0 Å². The molecule has 3 aromatic carbocycles. The van der Waals surface area contributed by atoms with E-state index in [1.165, 1.54) is 6.07 Å². The highest BCUT2D eigenvalue weighted by molar-refractivity contribution is 6.37. The first-order valence-corrected chi connectivity index (χ1v) is 7.65. The molecule has 0 aliphatic rings. The maximum Gasteiger partial charge on any atom is 0.289 e. The van der Waals surface area contributed by atoms with Gasteiger partial charge in [0, 0.05) is 11.6 Å². The van der Waals surface area contributed by atoms with Gasteiger partial charge in [-0.1, -0.05) is 59.6 Å². The van der Waals surface area contributed by atoms with E-state index in [9.17, 15) is 14.9 Å². The Morgan fingerprint density at radius 2 is 1.71 bits per heavy atom. The van der Waals surface area contributed by atoms with Crippen molar-refractivity contribution in [3.63, 3.8) is 0 Å². The molecule has 1 amide bonds. The van der Waals surface area contributed by atoms with Crippen LogP contribution in [0.15, 0.2) is 54.6 Å². The molecular formula is C17H10Cl2N2O3. The summed E-state index contributed by atoms with van der Waals surface area (Å²) in [6, 6.07) is 15.2. The van der Waals surface area contributed by atoms with Crippen molar-refractivity contribution in [2.24, 2.45) is 0 Å². The lowest BCUT2D eigenvalue weighted by atomic mass is 10.0. The van der Waals surface area contributed by atoms with Gasteiger partial charge in [-0.3, -0.25) is 14.9 Å². The zero-order chi connectivity index (χ0) is 17.3. The van der Waals surface area contributed by atoms with E-state index in [2.05, 4.69) is 5.32 Å². The van der Waals surface area contributed by atoms with Gasteiger partial charge < -0.3 is 5.32 Å². The number of nitrogens with zero attached hydrogens (tertiary/aromatic N) is 1. The van der Waals surface area contributed by atoms with Crippen molar-refractivity contribution in [3.05, 3.63) is 80.3 Å². The highest BCUT2D eigenvalue weighted by Gasteiger charge is 2.18. The van der Waals surface area contributed by atoms with Gasteiger partial charge in [-0.2, -0.15) is 0 Å². The molecule has 0 aliphatic heterocycles. The van der Waals surface area contributed by atoms with Crippen molar-refractivity contribution in [2.45, 2.75) is 0 Å². The van der Waals surface area contributed by atoms with Crippen LogP contribution in [0.25, 0.3) is 10.8 Å². The van der Waals surface area contributed by atoms with E-state index in [1.54, 1.807) is 12.1 Å². The number of hydrogen-bond acceptors (Lipinski definition) is 3. The normalized spacial score (nSPS) is 10.6. The Hall–Kier alpha value is -2.63.